The summed E-state index contributed by atoms with van der Waals surface area (Å²) in [6.07, 6.45) is 0.762. The molecule has 0 heterocycles. The van der Waals surface area contributed by atoms with Crippen LogP contribution in [-0.2, 0) is 17.0 Å². The summed E-state index contributed by atoms with van der Waals surface area (Å²) in [4.78, 5) is 11.8. The summed E-state index contributed by atoms with van der Waals surface area (Å²) in [6.45, 7) is 2.72. The highest BCUT2D eigenvalue weighted by molar-refractivity contribution is 7.98. The fourth-order valence-electron chi connectivity index (χ4n) is 2.17. The second kappa shape index (κ2) is 9.36. The van der Waals surface area contributed by atoms with Crippen molar-refractivity contribution in [1.29, 1.82) is 0 Å². The Labute approximate surface area is 141 Å². The molecule has 0 aliphatic heterocycles. The van der Waals surface area contributed by atoms with Crippen molar-refractivity contribution in [3.63, 3.8) is 0 Å². The normalized spacial score (nSPS) is 10.5. The molecule has 1 amide bonds. The van der Waals surface area contributed by atoms with E-state index in [4.69, 9.17) is 0 Å². The fraction of sp³-hybridized carbons (Fsp3) is 0.316. The zero-order valence-electron chi connectivity index (χ0n) is 13.3. The maximum Gasteiger partial charge on any atom is 0.220 e. The van der Waals surface area contributed by atoms with Crippen LogP contribution in [0.15, 0.2) is 48.5 Å². The van der Waals surface area contributed by atoms with E-state index in [1.165, 1.54) is 17.2 Å². The van der Waals surface area contributed by atoms with Crippen molar-refractivity contribution >= 4 is 17.7 Å². The van der Waals surface area contributed by atoms with E-state index in [0.29, 0.717) is 24.9 Å². The molecule has 0 aliphatic carbocycles. The van der Waals surface area contributed by atoms with Crippen LogP contribution in [0.4, 0.5) is 4.39 Å². The van der Waals surface area contributed by atoms with E-state index in [2.05, 4.69) is 36.5 Å². The molecule has 23 heavy (non-hydrogen) atoms. The van der Waals surface area contributed by atoms with Gasteiger partial charge in [0.25, 0.3) is 0 Å². The molecule has 1 N–H and O–H groups in total. The van der Waals surface area contributed by atoms with Crippen LogP contribution >= 0.6 is 11.8 Å². The van der Waals surface area contributed by atoms with Gasteiger partial charge in [-0.1, -0.05) is 48.0 Å². The van der Waals surface area contributed by atoms with Gasteiger partial charge in [-0.05, 0) is 30.5 Å². The van der Waals surface area contributed by atoms with Gasteiger partial charge in [0.2, 0.25) is 5.91 Å². The summed E-state index contributed by atoms with van der Waals surface area (Å²) >= 11 is 1.80. The van der Waals surface area contributed by atoms with E-state index in [9.17, 15) is 9.18 Å². The Bertz CT molecular complexity index is 628. The molecule has 122 valence electrons. The van der Waals surface area contributed by atoms with Gasteiger partial charge < -0.3 is 5.32 Å². The number of carbonyl (C=O) groups excluding carboxylic acids is 1. The SMILES string of the molecule is Cc1ccc(CSCCNC(=O)CCc2ccccc2F)cc1. The Kier molecular flexibility index (Phi) is 7.14. The van der Waals surface area contributed by atoms with E-state index in [-0.39, 0.29) is 11.7 Å². The van der Waals surface area contributed by atoms with Gasteiger partial charge in [0.05, 0.1) is 0 Å². The minimum Gasteiger partial charge on any atom is -0.355 e. The molecule has 0 saturated carbocycles. The molecular formula is C19H22FNOS. The van der Waals surface area contributed by atoms with Crippen LogP contribution in [0.2, 0.25) is 0 Å². The Balaban J connectivity index is 1.58. The third-order valence-electron chi connectivity index (χ3n) is 3.54. The predicted octanol–water partition coefficient (Wildman–Crippen LogP) is 4.12. The largest absolute Gasteiger partial charge is 0.355 e. The van der Waals surface area contributed by atoms with Crippen molar-refractivity contribution in [2.24, 2.45) is 0 Å². The topological polar surface area (TPSA) is 29.1 Å². The van der Waals surface area contributed by atoms with Crippen molar-refractivity contribution < 1.29 is 9.18 Å². The highest BCUT2D eigenvalue weighted by Crippen LogP contribution is 2.12. The molecule has 0 radical (unpaired) electrons. The van der Waals surface area contributed by atoms with Crippen molar-refractivity contribution in [2.45, 2.75) is 25.5 Å². The number of benzene rings is 2. The standard InChI is InChI=1S/C19H22FNOS/c1-15-6-8-16(9-7-15)14-23-13-12-21-19(22)11-10-17-4-2-3-5-18(17)20/h2-9H,10-14H2,1H3,(H,21,22). The van der Waals surface area contributed by atoms with Crippen LogP contribution in [-0.4, -0.2) is 18.2 Å². The lowest BCUT2D eigenvalue weighted by molar-refractivity contribution is -0.120. The number of nitrogens with one attached hydrogen (secondary N) is 1. The van der Waals surface area contributed by atoms with Gasteiger partial charge in [-0.15, -0.1) is 0 Å². The summed E-state index contributed by atoms with van der Waals surface area (Å²) in [5.74, 6) is 1.56. The number of amides is 1. The summed E-state index contributed by atoms with van der Waals surface area (Å²) < 4.78 is 13.4. The lowest BCUT2D eigenvalue weighted by Gasteiger charge is -2.06. The summed E-state index contributed by atoms with van der Waals surface area (Å²) in [5.41, 5.74) is 3.16. The van der Waals surface area contributed by atoms with Gasteiger partial charge in [0.15, 0.2) is 0 Å². The van der Waals surface area contributed by atoms with E-state index in [1.807, 2.05) is 0 Å². The molecule has 0 fully saturated rings. The Morgan fingerprint density at radius 1 is 1.13 bits per heavy atom. The summed E-state index contributed by atoms with van der Waals surface area (Å²) in [7, 11) is 0. The first-order valence-electron chi connectivity index (χ1n) is 7.78. The van der Waals surface area contributed by atoms with E-state index in [1.54, 1.807) is 30.0 Å². The average molecular weight is 331 g/mol. The lowest BCUT2D eigenvalue weighted by atomic mass is 10.1. The molecular weight excluding hydrogens is 309 g/mol. The van der Waals surface area contributed by atoms with E-state index < -0.39 is 0 Å². The first-order valence-corrected chi connectivity index (χ1v) is 8.94. The highest BCUT2D eigenvalue weighted by atomic mass is 32.2. The molecule has 0 unspecified atom stereocenters. The molecule has 0 spiro atoms. The maximum absolute atomic E-state index is 13.4. The molecule has 0 saturated heterocycles. The number of rotatable bonds is 8. The molecule has 2 rings (SSSR count). The van der Waals surface area contributed by atoms with Gasteiger partial charge in [0.1, 0.15) is 5.82 Å². The molecule has 2 aromatic carbocycles. The highest BCUT2D eigenvalue weighted by Gasteiger charge is 2.05. The number of carbonyl (C=O) groups is 1. The zero-order chi connectivity index (χ0) is 16.5. The number of hydrogen-bond acceptors (Lipinski definition) is 2. The van der Waals surface area contributed by atoms with Gasteiger partial charge in [0, 0.05) is 24.5 Å². The first kappa shape index (κ1) is 17.5. The van der Waals surface area contributed by atoms with Crippen LogP contribution in [0.25, 0.3) is 0 Å². The fourth-order valence-corrected chi connectivity index (χ4v) is 2.99. The quantitative estimate of drug-likeness (QED) is 0.737. The molecule has 0 bridgehead atoms. The number of thioether (sulfide) groups is 1. The first-order chi connectivity index (χ1) is 11.1. The van der Waals surface area contributed by atoms with E-state index in [0.717, 1.165) is 11.5 Å². The van der Waals surface area contributed by atoms with E-state index >= 15 is 0 Å². The van der Waals surface area contributed by atoms with Gasteiger partial charge in [-0.2, -0.15) is 11.8 Å². The summed E-state index contributed by atoms with van der Waals surface area (Å²) in [5, 5.41) is 2.89. The molecule has 2 aromatic rings. The average Bonchev–Trinajstić information content (AvgIpc) is 2.55. The van der Waals surface area contributed by atoms with Crippen molar-refractivity contribution in [3.05, 3.63) is 71.0 Å². The van der Waals surface area contributed by atoms with Gasteiger partial charge in [-0.25, -0.2) is 4.39 Å². The lowest BCUT2D eigenvalue weighted by Crippen LogP contribution is -2.26. The van der Waals surface area contributed by atoms with Crippen LogP contribution in [0.5, 0.6) is 0 Å². The smallest absolute Gasteiger partial charge is 0.220 e. The third kappa shape index (κ3) is 6.45. The molecule has 2 nitrogen and oxygen atoms in total. The number of halogens is 1. The Hall–Kier alpha value is -1.81. The van der Waals surface area contributed by atoms with Crippen LogP contribution in [0.3, 0.4) is 0 Å². The molecule has 0 atom stereocenters. The third-order valence-corrected chi connectivity index (χ3v) is 4.57. The minimum absolute atomic E-state index is 0.0239. The second-order valence-electron chi connectivity index (χ2n) is 5.48. The van der Waals surface area contributed by atoms with Crippen molar-refractivity contribution in [3.8, 4) is 0 Å². The number of hydrogen-bond donors (Lipinski definition) is 1. The van der Waals surface area contributed by atoms with Crippen LogP contribution in [0.1, 0.15) is 23.1 Å². The molecule has 0 aromatic heterocycles. The zero-order valence-corrected chi connectivity index (χ0v) is 14.2. The van der Waals surface area contributed by atoms with Crippen LogP contribution < -0.4 is 5.32 Å². The Morgan fingerprint density at radius 3 is 2.61 bits per heavy atom. The maximum atomic E-state index is 13.4. The van der Waals surface area contributed by atoms with Gasteiger partial charge in [-0.3, -0.25) is 4.79 Å². The van der Waals surface area contributed by atoms with Crippen molar-refractivity contribution in [2.75, 3.05) is 12.3 Å². The predicted molar refractivity (Wildman–Crippen MR) is 95.1 cm³/mol. The van der Waals surface area contributed by atoms with Gasteiger partial charge >= 0.3 is 0 Å². The van der Waals surface area contributed by atoms with Crippen LogP contribution in [0, 0.1) is 12.7 Å². The number of aryl methyl sites for hydroxylation is 2. The second-order valence-corrected chi connectivity index (χ2v) is 6.58. The summed E-state index contributed by atoms with van der Waals surface area (Å²) in [6, 6.07) is 15.1. The molecule has 0 aliphatic rings. The molecule has 4 heteroatoms. The van der Waals surface area contributed by atoms with Crippen molar-refractivity contribution in [1.82, 2.24) is 5.32 Å². The monoisotopic (exact) mass is 331 g/mol. The Morgan fingerprint density at radius 2 is 1.87 bits per heavy atom. The minimum atomic E-state index is -0.242.